The molecule has 1 amide bonds. The molecule has 0 aliphatic carbocycles. The molecule has 0 bridgehead atoms. The van der Waals surface area contributed by atoms with Crippen LogP contribution in [0, 0.1) is 6.92 Å². The Kier molecular flexibility index (Phi) is 11.3. The fourth-order valence-corrected chi connectivity index (χ4v) is 3.55. The van der Waals surface area contributed by atoms with Gasteiger partial charge in [-0.05, 0) is 70.8 Å². The topological polar surface area (TPSA) is 85.4 Å². The van der Waals surface area contributed by atoms with Gasteiger partial charge in [-0.25, -0.2) is 9.78 Å². The summed E-state index contributed by atoms with van der Waals surface area (Å²) in [7, 11) is 0. The van der Waals surface area contributed by atoms with Crippen LogP contribution < -0.4 is 11.1 Å². The maximum absolute atomic E-state index is 12.1. The number of nitrogens with one attached hydrogen (secondary N) is 1. The van der Waals surface area contributed by atoms with Gasteiger partial charge >= 0.3 is 6.09 Å². The summed E-state index contributed by atoms with van der Waals surface area (Å²) in [5.41, 5.74) is 9.52. The Morgan fingerprint density at radius 1 is 1.22 bits per heavy atom. The summed E-state index contributed by atoms with van der Waals surface area (Å²) in [6, 6.07) is 6.20. The molecule has 1 aromatic heterocycles. The Labute approximate surface area is 194 Å². The molecule has 0 radical (unpaired) electrons. The Hall–Kier alpha value is -2.54. The molecular formula is C25H43N5O2. The lowest BCUT2D eigenvalue weighted by molar-refractivity contribution is 0.0470. The molecule has 2 aromatic rings. The van der Waals surface area contributed by atoms with Crippen molar-refractivity contribution in [1.82, 2.24) is 19.8 Å². The predicted octanol–water partition coefficient (Wildman–Crippen LogP) is 5.30. The van der Waals surface area contributed by atoms with E-state index < -0.39 is 5.60 Å². The molecule has 1 aliphatic heterocycles. The molecule has 0 saturated carbocycles. The van der Waals surface area contributed by atoms with Crippen LogP contribution in [0.4, 0.5) is 10.5 Å². The SMILES string of the molecule is CC.CC.Cc1cn(-c2cc(N)cc(CN3CCCC(NC(=O)OC(C)(C)C)C3)c2)cn1. The number of hydrogen-bond donors (Lipinski definition) is 2. The molecule has 1 aliphatic rings. The highest BCUT2D eigenvalue weighted by atomic mass is 16.6. The molecule has 0 spiro atoms. The number of nitrogens with zero attached hydrogens (tertiary/aromatic N) is 3. The summed E-state index contributed by atoms with van der Waals surface area (Å²) in [4.78, 5) is 18.7. The zero-order chi connectivity index (χ0) is 24.3. The minimum absolute atomic E-state index is 0.0976. The summed E-state index contributed by atoms with van der Waals surface area (Å²) < 4.78 is 7.37. The largest absolute Gasteiger partial charge is 0.444 e. The number of ether oxygens (including phenoxy) is 1. The monoisotopic (exact) mass is 445 g/mol. The van der Waals surface area contributed by atoms with E-state index in [4.69, 9.17) is 10.5 Å². The van der Waals surface area contributed by atoms with Gasteiger partial charge in [-0.1, -0.05) is 27.7 Å². The quantitative estimate of drug-likeness (QED) is 0.623. The number of rotatable bonds is 4. The molecule has 1 fully saturated rings. The number of aryl methyl sites for hydroxylation is 1. The Bertz CT molecular complexity index is 826. The molecule has 3 rings (SSSR count). The van der Waals surface area contributed by atoms with Crippen LogP contribution in [-0.4, -0.2) is 45.3 Å². The smallest absolute Gasteiger partial charge is 0.407 e. The number of nitrogen functional groups attached to an aromatic ring is 1. The number of aromatic nitrogens is 2. The summed E-state index contributed by atoms with van der Waals surface area (Å²) >= 11 is 0. The van der Waals surface area contributed by atoms with Gasteiger partial charge in [0.15, 0.2) is 0 Å². The number of benzene rings is 1. The van der Waals surface area contributed by atoms with E-state index in [0.29, 0.717) is 0 Å². The van der Waals surface area contributed by atoms with Crippen LogP contribution in [0.15, 0.2) is 30.7 Å². The van der Waals surface area contributed by atoms with Gasteiger partial charge in [0.1, 0.15) is 5.60 Å². The minimum Gasteiger partial charge on any atom is -0.444 e. The number of imidazole rings is 1. The summed E-state index contributed by atoms with van der Waals surface area (Å²) in [5, 5.41) is 3.00. The molecule has 180 valence electrons. The normalized spacial score (nSPS) is 16.2. The predicted molar refractivity (Wildman–Crippen MR) is 133 cm³/mol. The van der Waals surface area contributed by atoms with Crippen molar-refractivity contribution in [1.29, 1.82) is 0 Å². The van der Waals surface area contributed by atoms with Gasteiger partial charge in [-0.3, -0.25) is 4.90 Å². The lowest BCUT2D eigenvalue weighted by Crippen LogP contribution is -2.48. The van der Waals surface area contributed by atoms with Gasteiger partial charge in [0, 0.05) is 36.7 Å². The van der Waals surface area contributed by atoms with Gasteiger partial charge in [-0.2, -0.15) is 0 Å². The van der Waals surface area contributed by atoms with Gasteiger partial charge in [0.2, 0.25) is 0 Å². The molecule has 1 aromatic carbocycles. The van der Waals surface area contributed by atoms with E-state index in [1.807, 2.05) is 78.3 Å². The Balaban J connectivity index is 0.00000121. The van der Waals surface area contributed by atoms with Crippen LogP contribution in [0.25, 0.3) is 5.69 Å². The molecule has 32 heavy (non-hydrogen) atoms. The third-order valence-corrected chi connectivity index (χ3v) is 4.64. The zero-order valence-electron chi connectivity index (χ0n) is 21.2. The molecule has 1 saturated heterocycles. The van der Waals surface area contributed by atoms with Crippen molar-refractivity contribution in [3.05, 3.63) is 42.0 Å². The highest BCUT2D eigenvalue weighted by molar-refractivity contribution is 5.68. The van der Waals surface area contributed by atoms with Crippen molar-refractivity contribution < 1.29 is 9.53 Å². The van der Waals surface area contributed by atoms with Crippen LogP contribution in [-0.2, 0) is 11.3 Å². The number of amides is 1. The maximum atomic E-state index is 12.1. The number of anilines is 1. The summed E-state index contributed by atoms with van der Waals surface area (Å²) in [6.45, 7) is 18.2. The van der Waals surface area contributed by atoms with Crippen LogP contribution in [0.2, 0.25) is 0 Å². The molecule has 1 unspecified atom stereocenters. The average Bonchev–Trinajstić information content (AvgIpc) is 3.16. The molecule has 2 heterocycles. The third-order valence-electron chi connectivity index (χ3n) is 4.64. The minimum atomic E-state index is -0.484. The van der Waals surface area contributed by atoms with Crippen LogP contribution in [0.5, 0.6) is 0 Å². The van der Waals surface area contributed by atoms with Gasteiger partial charge in [0.05, 0.1) is 12.0 Å². The first-order valence-corrected chi connectivity index (χ1v) is 11.8. The second-order valence-corrected chi connectivity index (χ2v) is 8.58. The fourth-order valence-electron chi connectivity index (χ4n) is 3.55. The van der Waals surface area contributed by atoms with Crippen LogP contribution in [0.1, 0.15) is 72.6 Å². The van der Waals surface area contributed by atoms with Gasteiger partial charge in [0.25, 0.3) is 0 Å². The average molecular weight is 446 g/mol. The van der Waals surface area contributed by atoms with Gasteiger partial charge < -0.3 is 20.4 Å². The second kappa shape index (κ2) is 13.1. The van der Waals surface area contributed by atoms with Crippen molar-refractivity contribution in [2.24, 2.45) is 0 Å². The third kappa shape index (κ3) is 9.30. The number of carbonyl (C=O) groups is 1. The van der Waals surface area contributed by atoms with E-state index >= 15 is 0 Å². The van der Waals surface area contributed by atoms with Crippen LogP contribution >= 0.6 is 0 Å². The van der Waals surface area contributed by atoms with E-state index in [1.165, 1.54) is 0 Å². The van der Waals surface area contributed by atoms with Crippen molar-refractivity contribution in [3.8, 4) is 5.69 Å². The lowest BCUT2D eigenvalue weighted by atomic mass is 10.0. The standard InChI is InChI=1S/C21H31N5O2.2C2H6/c1-15-11-26(14-23-15)19-9-16(8-17(22)10-19)12-25-7-5-6-18(13-25)24-20(27)28-21(2,3)4;2*1-2/h8-11,14,18H,5-7,12-13,22H2,1-4H3,(H,24,27);2*1-2H3. The summed E-state index contributed by atoms with van der Waals surface area (Å²) in [6.07, 6.45) is 5.44. The molecular weight excluding hydrogens is 402 g/mol. The lowest BCUT2D eigenvalue weighted by Gasteiger charge is -2.33. The van der Waals surface area contributed by atoms with Crippen molar-refractivity contribution in [2.45, 2.75) is 86.4 Å². The number of likely N-dealkylation sites (tertiary alicyclic amines) is 1. The Morgan fingerprint density at radius 3 is 2.50 bits per heavy atom. The Morgan fingerprint density at radius 2 is 1.91 bits per heavy atom. The number of nitrogens with two attached hydrogens (primary N) is 1. The highest BCUT2D eigenvalue weighted by Crippen LogP contribution is 2.20. The van der Waals surface area contributed by atoms with Crippen molar-refractivity contribution in [3.63, 3.8) is 0 Å². The van der Waals surface area contributed by atoms with Gasteiger partial charge in [-0.15, -0.1) is 0 Å². The van der Waals surface area contributed by atoms with E-state index in [-0.39, 0.29) is 12.1 Å². The highest BCUT2D eigenvalue weighted by Gasteiger charge is 2.24. The number of alkyl carbamates (subject to hydrolysis) is 1. The summed E-state index contributed by atoms with van der Waals surface area (Å²) in [5.74, 6) is 0. The number of carbonyl (C=O) groups excluding carboxylic acids is 1. The number of piperidine rings is 1. The first-order valence-electron chi connectivity index (χ1n) is 11.8. The molecule has 1 atom stereocenters. The number of hydrogen-bond acceptors (Lipinski definition) is 5. The fraction of sp³-hybridized carbons (Fsp3) is 0.600. The van der Waals surface area contributed by atoms with Crippen LogP contribution in [0.3, 0.4) is 0 Å². The van der Waals surface area contributed by atoms with E-state index in [1.54, 1.807) is 6.33 Å². The molecule has 7 nitrogen and oxygen atoms in total. The van der Waals surface area contributed by atoms with E-state index in [2.05, 4.69) is 21.3 Å². The molecule has 3 N–H and O–H groups in total. The van der Waals surface area contributed by atoms with E-state index in [9.17, 15) is 4.79 Å². The van der Waals surface area contributed by atoms with Crippen molar-refractivity contribution in [2.75, 3.05) is 18.8 Å². The maximum Gasteiger partial charge on any atom is 0.407 e. The van der Waals surface area contributed by atoms with E-state index in [0.717, 1.165) is 55.1 Å². The zero-order valence-corrected chi connectivity index (χ0v) is 21.2. The molecule has 7 heteroatoms. The second-order valence-electron chi connectivity index (χ2n) is 8.58. The van der Waals surface area contributed by atoms with Crippen molar-refractivity contribution >= 4 is 11.8 Å². The first-order chi connectivity index (χ1) is 15.2. The first kappa shape index (κ1) is 27.5.